The highest BCUT2D eigenvalue weighted by Gasteiger charge is 2.23. The Morgan fingerprint density at radius 3 is 1.92 bits per heavy atom. The van der Waals surface area contributed by atoms with Crippen LogP contribution in [0.25, 0.3) is 0 Å². The van der Waals surface area contributed by atoms with Gasteiger partial charge in [0.05, 0.1) is 17.0 Å². The summed E-state index contributed by atoms with van der Waals surface area (Å²) in [5, 5.41) is 2.85. The van der Waals surface area contributed by atoms with Crippen molar-refractivity contribution in [1.29, 1.82) is 0 Å². The fourth-order valence-corrected chi connectivity index (χ4v) is 3.77. The van der Waals surface area contributed by atoms with Gasteiger partial charge in [-0.15, -0.1) is 0 Å². The van der Waals surface area contributed by atoms with Crippen molar-refractivity contribution in [2.75, 3.05) is 0 Å². The first-order chi connectivity index (χ1) is 12.2. The molecule has 2 rings (SSSR count). The van der Waals surface area contributed by atoms with Gasteiger partial charge in [0.1, 0.15) is 0 Å². The van der Waals surface area contributed by atoms with Crippen LogP contribution in [-0.4, -0.2) is 20.4 Å². The molecular weight excluding hydrogens is 348 g/mol. The fraction of sp³-hybridized carbons (Fsp3) is 0.350. The lowest BCUT2D eigenvalue weighted by molar-refractivity contribution is -0.123. The first-order valence-electron chi connectivity index (χ1n) is 8.68. The third-order valence-corrected chi connectivity index (χ3v) is 5.80. The van der Waals surface area contributed by atoms with Crippen molar-refractivity contribution in [1.82, 2.24) is 10.0 Å². The largest absolute Gasteiger partial charge is 0.348 e. The molecular formula is C20H26N2O3S. The highest BCUT2D eigenvalue weighted by molar-refractivity contribution is 7.89. The van der Waals surface area contributed by atoms with Crippen LogP contribution in [0.4, 0.5) is 0 Å². The van der Waals surface area contributed by atoms with Crippen molar-refractivity contribution >= 4 is 15.9 Å². The van der Waals surface area contributed by atoms with E-state index in [1.165, 1.54) is 24.6 Å². The Bertz CT molecular complexity index is 831. The van der Waals surface area contributed by atoms with Gasteiger partial charge in [-0.05, 0) is 43.0 Å². The number of nitrogens with one attached hydrogen (secondary N) is 2. The number of rotatable bonds is 7. The summed E-state index contributed by atoms with van der Waals surface area (Å²) in [6.45, 7) is 7.66. The number of benzene rings is 2. The number of hydrogen-bond donors (Lipinski definition) is 2. The van der Waals surface area contributed by atoms with Crippen molar-refractivity contribution in [3.05, 3.63) is 65.7 Å². The van der Waals surface area contributed by atoms with Gasteiger partial charge in [0, 0.05) is 0 Å². The van der Waals surface area contributed by atoms with Gasteiger partial charge in [-0.25, -0.2) is 8.42 Å². The Morgan fingerprint density at radius 1 is 0.846 bits per heavy atom. The van der Waals surface area contributed by atoms with Crippen molar-refractivity contribution in [3.63, 3.8) is 0 Å². The van der Waals surface area contributed by atoms with E-state index in [1.54, 1.807) is 18.2 Å². The topological polar surface area (TPSA) is 75.3 Å². The molecule has 26 heavy (non-hydrogen) atoms. The minimum atomic E-state index is -3.73. The van der Waals surface area contributed by atoms with Crippen LogP contribution in [0.5, 0.6) is 0 Å². The molecule has 0 bridgehead atoms. The number of sulfonamides is 1. The molecule has 0 fully saturated rings. The van der Waals surface area contributed by atoms with Crippen molar-refractivity contribution in [3.8, 4) is 0 Å². The van der Waals surface area contributed by atoms with E-state index in [4.69, 9.17) is 0 Å². The van der Waals surface area contributed by atoms with Crippen LogP contribution in [0, 0.1) is 0 Å². The second-order valence-corrected chi connectivity index (χ2v) is 8.42. The summed E-state index contributed by atoms with van der Waals surface area (Å²) in [6, 6.07) is 15.0. The van der Waals surface area contributed by atoms with Gasteiger partial charge in [-0.2, -0.15) is 4.72 Å². The SMILES string of the molecule is CC(NS(=O)(=O)c1ccccc1)C(=O)NC(C)c1ccc(C(C)C)cc1. The molecule has 0 saturated carbocycles. The minimum Gasteiger partial charge on any atom is -0.348 e. The van der Waals surface area contributed by atoms with E-state index in [9.17, 15) is 13.2 Å². The quantitative estimate of drug-likeness (QED) is 0.780. The van der Waals surface area contributed by atoms with E-state index < -0.39 is 16.1 Å². The second-order valence-electron chi connectivity index (χ2n) is 6.71. The Balaban J connectivity index is 2.00. The first-order valence-corrected chi connectivity index (χ1v) is 10.2. The summed E-state index contributed by atoms with van der Waals surface area (Å²) < 4.78 is 27.0. The van der Waals surface area contributed by atoms with Crippen LogP contribution in [0.2, 0.25) is 0 Å². The number of carbonyl (C=O) groups excluding carboxylic acids is 1. The normalized spacial score (nSPS) is 14.0. The van der Waals surface area contributed by atoms with E-state index in [0.717, 1.165) is 5.56 Å². The molecule has 0 aromatic heterocycles. The summed E-state index contributed by atoms with van der Waals surface area (Å²) in [5.41, 5.74) is 2.21. The Labute approximate surface area is 155 Å². The third-order valence-electron chi connectivity index (χ3n) is 4.24. The van der Waals surface area contributed by atoms with E-state index >= 15 is 0 Å². The minimum absolute atomic E-state index is 0.136. The monoisotopic (exact) mass is 374 g/mol. The Morgan fingerprint density at radius 2 is 1.38 bits per heavy atom. The summed E-state index contributed by atoms with van der Waals surface area (Å²) >= 11 is 0. The predicted molar refractivity (Wildman–Crippen MR) is 103 cm³/mol. The third kappa shape index (κ3) is 5.16. The molecule has 140 valence electrons. The molecule has 6 heteroatoms. The van der Waals surface area contributed by atoms with Gasteiger partial charge in [-0.1, -0.05) is 56.3 Å². The van der Waals surface area contributed by atoms with Crippen LogP contribution in [0.3, 0.4) is 0 Å². The zero-order valence-corrected chi connectivity index (χ0v) is 16.4. The van der Waals surface area contributed by atoms with Crippen molar-refractivity contribution in [2.24, 2.45) is 0 Å². The lowest BCUT2D eigenvalue weighted by Gasteiger charge is -2.19. The van der Waals surface area contributed by atoms with Gasteiger partial charge in [0.15, 0.2) is 0 Å². The van der Waals surface area contributed by atoms with Crippen LogP contribution in [0.1, 0.15) is 50.8 Å². The number of carbonyl (C=O) groups is 1. The Hall–Kier alpha value is -2.18. The number of amides is 1. The molecule has 2 aromatic rings. The maximum atomic E-state index is 12.4. The zero-order valence-electron chi connectivity index (χ0n) is 15.6. The summed E-state index contributed by atoms with van der Waals surface area (Å²) in [7, 11) is -3.73. The predicted octanol–water partition coefficient (Wildman–Crippen LogP) is 3.35. The van der Waals surface area contributed by atoms with E-state index in [1.807, 2.05) is 31.2 Å². The second kappa shape index (κ2) is 8.47. The highest BCUT2D eigenvalue weighted by atomic mass is 32.2. The Kier molecular flexibility index (Phi) is 6.56. The first kappa shape index (κ1) is 20.1. The molecule has 0 aliphatic carbocycles. The zero-order chi connectivity index (χ0) is 19.3. The molecule has 0 heterocycles. The van der Waals surface area contributed by atoms with E-state index in [2.05, 4.69) is 23.9 Å². The fourth-order valence-electron chi connectivity index (χ4n) is 2.55. The lowest BCUT2D eigenvalue weighted by Crippen LogP contribution is -2.45. The standard InChI is InChI=1S/C20H26N2O3S/c1-14(2)17-10-12-18(13-11-17)15(3)21-20(23)16(4)22-26(24,25)19-8-6-5-7-9-19/h5-16,22H,1-4H3,(H,21,23). The van der Waals surface area contributed by atoms with Gasteiger partial charge < -0.3 is 5.32 Å². The smallest absolute Gasteiger partial charge is 0.241 e. The highest BCUT2D eigenvalue weighted by Crippen LogP contribution is 2.18. The average Bonchev–Trinajstić information content (AvgIpc) is 2.62. The molecule has 0 spiro atoms. The van der Waals surface area contributed by atoms with Gasteiger partial charge in [-0.3, -0.25) is 4.79 Å². The van der Waals surface area contributed by atoms with E-state index in [0.29, 0.717) is 5.92 Å². The van der Waals surface area contributed by atoms with Crippen LogP contribution in [-0.2, 0) is 14.8 Å². The number of hydrogen-bond acceptors (Lipinski definition) is 3. The molecule has 0 saturated heterocycles. The summed E-state index contributed by atoms with van der Waals surface area (Å²) in [4.78, 5) is 12.5. The van der Waals surface area contributed by atoms with Gasteiger partial charge in [0.25, 0.3) is 0 Å². The van der Waals surface area contributed by atoms with Crippen molar-refractivity contribution < 1.29 is 13.2 Å². The van der Waals surface area contributed by atoms with Crippen LogP contribution < -0.4 is 10.0 Å². The molecule has 0 aliphatic heterocycles. The maximum absolute atomic E-state index is 12.4. The molecule has 2 aromatic carbocycles. The van der Waals surface area contributed by atoms with Crippen LogP contribution in [0.15, 0.2) is 59.5 Å². The van der Waals surface area contributed by atoms with Gasteiger partial charge in [0.2, 0.25) is 15.9 Å². The molecule has 5 nitrogen and oxygen atoms in total. The molecule has 2 N–H and O–H groups in total. The van der Waals surface area contributed by atoms with Gasteiger partial charge >= 0.3 is 0 Å². The molecule has 0 aliphatic rings. The average molecular weight is 375 g/mol. The van der Waals surface area contributed by atoms with E-state index in [-0.39, 0.29) is 16.8 Å². The molecule has 2 unspecified atom stereocenters. The molecule has 0 radical (unpaired) electrons. The van der Waals surface area contributed by atoms with Crippen LogP contribution >= 0.6 is 0 Å². The summed E-state index contributed by atoms with van der Waals surface area (Å²) in [5.74, 6) is 0.0753. The summed E-state index contributed by atoms with van der Waals surface area (Å²) in [6.07, 6.45) is 0. The molecule has 1 amide bonds. The maximum Gasteiger partial charge on any atom is 0.241 e. The van der Waals surface area contributed by atoms with Crippen molar-refractivity contribution in [2.45, 2.75) is 50.6 Å². The lowest BCUT2D eigenvalue weighted by atomic mass is 9.99. The molecule has 2 atom stereocenters.